The number of aromatic nitrogens is 1. The molecule has 1 unspecified atom stereocenters. The molecule has 0 fully saturated rings. The highest BCUT2D eigenvalue weighted by Crippen LogP contribution is 2.59. The number of hydrogen-bond acceptors (Lipinski definition) is 2. The molecule has 4 heteroatoms. The van der Waals surface area contributed by atoms with Crippen LogP contribution >= 0.6 is 0 Å². The fourth-order valence-electron chi connectivity index (χ4n) is 8.98. The van der Waals surface area contributed by atoms with Crippen molar-refractivity contribution in [2.24, 2.45) is 0 Å². The third-order valence-corrected chi connectivity index (χ3v) is 11.2. The Morgan fingerprint density at radius 2 is 1.10 bits per heavy atom. The minimum absolute atomic E-state index is 0.0353. The summed E-state index contributed by atoms with van der Waals surface area (Å²) < 4.78 is 0. The number of benzene rings is 7. The number of carbonyl (C=O) groups is 1. The average molecular weight is 670 g/mol. The van der Waals surface area contributed by atoms with Crippen molar-refractivity contribution in [1.29, 1.82) is 0 Å². The number of amides is 1. The minimum atomic E-state index is -1.22. The highest BCUT2D eigenvalue weighted by molar-refractivity contribution is 6.18. The van der Waals surface area contributed by atoms with Crippen LogP contribution in [0.2, 0.25) is 0 Å². The van der Waals surface area contributed by atoms with E-state index >= 15 is 4.79 Å². The molecule has 0 saturated carbocycles. The fraction of sp³-hybridized carbons (Fsp3) is 0.0625. The zero-order valence-corrected chi connectivity index (χ0v) is 28.7. The maximum atomic E-state index is 16.4. The van der Waals surface area contributed by atoms with E-state index in [0.717, 1.165) is 72.5 Å². The molecule has 10 rings (SSSR count). The lowest BCUT2D eigenvalue weighted by atomic mass is 9.74. The molecular formula is C48H35N3O. The van der Waals surface area contributed by atoms with Gasteiger partial charge in [0.1, 0.15) is 5.54 Å². The largest absolute Gasteiger partial charge is 0.363 e. The van der Waals surface area contributed by atoms with Crippen LogP contribution in [0, 0.1) is 6.92 Å². The van der Waals surface area contributed by atoms with Gasteiger partial charge in [0, 0.05) is 39.0 Å². The first-order valence-electron chi connectivity index (χ1n) is 17.8. The van der Waals surface area contributed by atoms with Gasteiger partial charge in [-0.1, -0.05) is 170 Å². The summed E-state index contributed by atoms with van der Waals surface area (Å²) in [7, 11) is 0. The van der Waals surface area contributed by atoms with Crippen LogP contribution in [-0.2, 0) is 15.9 Å². The Labute approximate surface area is 303 Å². The maximum Gasteiger partial charge on any atom is 0.263 e. The van der Waals surface area contributed by atoms with E-state index in [4.69, 9.17) is 0 Å². The molecule has 2 aliphatic heterocycles. The standard InChI is InChI=1S/C48H35N3O/c1-32-37-30-31-40-43(45(37)49-44(32)33-18-6-2-7-19-33)38-26-14-16-28-41(38)50-47(40)39-27-15-17-29-42(39)51(46(47)52)48(34-20-8-3-9-21-34,35-22-10-4-11-23-35)36-24-12-5-13-25-36/h2-31,49-50H,1H3. The highest BCUT2D eigenvalue weighted by Gasteiger charge is 2.61. The van der Waals surface area contributed by atoms with Crippen LogP contribution in [-0.4, -0.2) is 10.9 Å². The Hall–Kier alpha value is -6.65. The summed E-state index contributed by atoms with van der Waals surface area (Å²) in [5, 5.41) is 5.05. The summed E-state index contributed by atoms with van der Waals surface area (Å²) in [5.41, 5.74) is 11.0. The molecule has 52 heavy (non-hydrogen) atoms. The number of anilines is 2. The van der Waals surface area contributed by atoms with Gasteiger partial charge in [-0.25, -0.2) is 0 Å². The quantitative estimate of drug-likeness (QED) is 0.179. The zero-order chi connectivity index (χ0) is 34.9. The molecule has 0 radical (unpaired) electrons. The Kier molecular flexibility index (Phi) is 6.64. The SMILES string of the molecule is Cc1c(-c2ccccc2)[nH]c2c3c(ccc12)C1(Nc2ccccc2-3)C(=O)N(C(c2ccccc2)(c2ccccc2)c2ccccc2)c2ccccc21. The van der Waals surface area contributed by atoms with E-state index in [-0.39, 0.29) is 5.91 Å². The number of hydrogen-bond donors (Lipinski definition) is 2. The number of rotatable bonds is 5. The Morgan fingerprint density at radius 1 is 0.558 bits per heavy atom. The lowest BCUT2D eigenvalue weighted by Gasteiger charge is -2.45. The Morgan fingerprint density at radius 3 is 1.73 bits per heavy atom. The van der Waals surface area contributed by atoms with Gasteiger partial charge in [0.15, 0.2) is 5.54 Å². The highest BCUT2D eigenvalue weighted by atomic mass is 16.2. The molecule has 2 N–H and O–H groups in total. The topological polar surface area (TPSA) is 48.1 Å². The molecule has 1 spiro atoms. The summed E-state index contributed by atoms with van der Waals surface area (Å²) in [5.74, 6) is -0.0353. The van der Waals surface area contributed by atoms with Crippen molar-refractivity contribution < 1.29 is 4.79 Å². The van der Waals surface area contributed by atoms with Crippen LogP contribution in [0.5, 0.6) is 0 Å². The molecular weight excluding hydrogens is 635 g/mol. The van der Waals surface area contributed by atoms with Gasteiger partial charge in [0.25, 0.3) is 5.91 Å². The smallest absolute Gasteiger partial charge is 0.263 e. The number of para-hydroxylation sites is 2. The van der Waals surface area contributed by atoms with Gasteiger partial charge < -0.3 is 10.3 Å². The van der Waals surface area contributed by atoms with E-state index in [1.165, 1.54) is 5.56 Å². The number of aromatic amines is 1. The predicted molar refractivity (Wildman–Crippen MR) is 211 cm³/mol. The minimum Gasteiger partial charge on any atom is -0.363 e. The third-order valence-electron chi connectivity index (χ3n) is 11.2. The van der Waals surface area contributed by atoms with Gasteiger partial charge in [-0.05, 0) is 46.9 Å². The van der Waals surface area contributed by atoms with E-state index in [1.807, 2.05) is 36.4 Å². The van der Waals surface area contributed by atoms with Crippen molar-refractivity contribution in [2.75, 3.05) is 10.2 Å². The van der Waals surface area contributed by atoms with Gasteiger partial charge in [-0.15, -0.1) is 0 Å². The van der Waals surface area contributed by atoms with Crippen molar-refractivity contribution >= 4 is 28.2 Å². The van der Waals surface area contributed by atoms with Crippen LogP contribution in [0.1, 0.15) is 33.4 Å². The van der Waals surface area contributed by atoms with E-state index in [9.17, 15) is 0 Å². The molecule has 0 bridgehead atoms. The van der Waals surface area contributed by atoms with Gasteiger partial charge >= 0.3 is 0 Å². The second kappa shape index (κ2) is 11.4. The van der Waals surface area contributed by atoms with E-state index in [0.29, 0.717) is 0 Å². The molecule has 1 aromatic heterocycles. The lowest BCUT2D eigenvalue weighted by Crippen LogP contribution is -2.56. The number of aryl methyl sites for hydroxylation is 1. The zero-order valence-electron chi connectivity index (χ0n) is 28.7. The molecule has 1 atom stereocenters. The number of fused-ring (bicyclic) bond motifs is 8. The summed E-state index contributed by atoms with van der Waals surface area (Å²) in [6.07, 6.45) is 0. The number of nitrogens with zero attached hydrogens (tertiary/aromatic N) is 1. The summed E-state index contributed by atoms with van der Waals surface area (Å²) in [4.78, 5) is 22.3. The van der Waals surface area contributed by atoms with Gasteiger partial charge in [-0.2, -0.15) is 0 Å². The van der Waals surface area contributed by atoms with Gasteiger partial charge in [0.05, 0.1) is 11.2 Å². The van der Waals surface area contributed by atoms with Crippen molar-refractivity contribution in [1.82, 2.24) is 4.98 Å². The number of carbonyl (C=O) groups excluding carboxylic acids is 1. The van der Waals surface area contributed by atoms with Gasteiger partial charge in [0.2, 0.25) is 0 Å². The number of H-pyrrole nitrogens is 1. The van der Waals surface area contributed by atoms with Crippen LogP contribution in [0.3, 0.4) is 0 Å². The van der Waals surface area contributed by atoms with Crippen LogP contribution in [0.15, 0.2) is 182 Å². The monoisotopic (exact) mass is 669 g/mol. The van der Waals surface area contributed by atoms with Crippen molar-refractivity contribution in [3.63, 3.8) is 0 Å². The maximum absolute atomic E-state index is 16.4. The van der Waals surface area contributed by atoms with E-state index in [2.05, 4.69) is 168 Å². The molecule has 3 heterocycles. The molecule has 1 amide bonds. The summed E-state index contributed by atoms with van der Waals surface area (Å²) >= 11 is 0. The second-order valence-electron chi connectivity index (χ2n) is 13.8. The first kappa shape index (κ1) is 30.2. The third kappa shape index (κ3) is 4.00. The van der Waals surface area contributed by atoms with E-state index in [1.54, 1.807) is 0 Å². The van der Waals surface area contributed by atoms with Crippen LogP contribution in [0.25, 0.3) is 33.3 Å². The average Bonchev–Trinajstić information content (AvgIpc) is 3.68. The van der Waals surface area contributed by atoms with Crippen LogP contribution in [0.4, 0.5) is 11.4 Å². The molecule has 8 aromatic rings. The van der Waals surface area contributed by atoms with Crippen LogP contribution < -0.4 is 10.2 Å². The number of nitrogens with one attached hydrogen (secondary N) is 2. The Balaban J connectivity index is 1.31. The van der Waals surface area contributed by atoms with Gasteiger partial charge in [-0.3, -0.25) is 9.69 Å². The first-order chi connectivity index (χ1) is 25.6. The van der Waals surface area contributed by atoms with Crippen molar-refractivity contribution in [2.45, 2.75) is 18.0 Å². The van der Waals surface area contributed by atoms with E-state index < -0.39 is 11.1 Å². The summed E-state index contributed by atoms with van der Waals surface area (Å²) in [6, 6.07) is 63.0. The molecule has 2 aliphatic rings. The lowest BCUT2D eigenvalue weighted by molar-refractivity contribution is -0.121. The molecule has 0 saturated heterocycles. The van der Waals surface area contributed by atoms with Crippen molar-refractivity contribution in [3.8, 4) is 22.4 Å². The second-order valence-corrected chi connectivity index (χ2v) is 13.8. The molecule has 7 aromatic carbocycles. The Bertz CT molecular complexity index is 2530. The normalized spacial score (nSPS) is 16.0. The molecule has 0 aliphatic carbocycles. The fourth-order valence-corrected chi connectivity index (χ4v) is 8.98. The predicted octanol–water partition coefficient (Wildman–Crippen LogP) is 10.8. The molecule has 4 nitrogen and oxygen atoms in total. The summed E-state index contributed by atoms with van der Waals surface area (Å²) in [6.45, 7) is 2.18. The van der Waals surface area contributed by atoms with Crippen molar-refractivity contribution in [3.05, 3.63) is 215 Å². The molecule has 248 valence electrons. The first-order valence-corrected chi connectivity index (χ1v) is 17.8.